The molecule has 0 aliphatic rings. The fourth-order valence-corrected chi connectivity index (χ4v) is 6.04. The van der Waals surface area contributed by atoms with Crippen molar-refractivity contribution in [2.24, 2.45) is 0 Å². The van der Waals surface area contributed by atoms with Crippen molar-refractivity contribution in [3.8, 4) is 17.0 Å². The van der Waals surface area contributed by atoms with Crippen LogP contribution in [0.4, 0.5) is 10.8 Å². The molecule has 3 aromatic carbocycles. The predicted molar refractivity (Wildman–Crippen MR) is 155 cm³/mol. The van der Waals surface area contributed by atoms with E-state index in [4.69, 9.17) is 4.74 Å². The normalized spacial score (nSPS) is 11.4. The topological polar surface area (TPSA) is 101 Å². The van der Waals surface area contributed by atoms with Crippen molar-refractivity contribution in [1.82, 2.24) is 9.29 Å². The average Bonchev–Trinajstić information content (AvgIpc) is 3.39. The average molecular weight is 616 g/mol. The Kier molecular flexibility index (Phi) is 8.83. The number of hydrogen-bond acceptors (Lipinski definition) is 7. The van der Waals surface area contributed by atoms with E-state index in [2.05, 4.69) is 31.5 Å². The van der Waals surface area contributed by atoms with Gasteiger partial charge in [-0.05, 0) is 55.0 Å². The highest BCUT2D eigenvalue weighted by Crippen LogP contribution is 2.32. The number of sulfonamides is 1. The second-order valence-corrected chi connectivity index (χ2v) is 12.2. The highest BCUT2D eigenvalue weighted by atomic mass is 79.9. The minimum atomic E-state index is -3.98. The SMILES string of the molecule is CNc1nc(-c2ccc(OC)c(NC(=O)CN(Cc3ccc(C)cc3)S(=O)(=O)c3ccc(Br)cc3)c2)cs1. The minimum Gasteiger partial charge on any atom is -0.495 e. The summed E-state index contributed by atoms with van der Waals surface area (Å²) >= 11 is 4.81. The van der Waals surface area contributed by atoms with Crippen LogP contribution in [-0.4, -0.2) is 44.3 Å². The molecule has 38 heavy (non-hydrogen) atoms. The van der Waals surface area contributed by atoms with Gasteiger partial charge in [0.25, 0.3) is 0 Å². The van der Waals surface area contributed by atoms with Gasteiger partial charge in [-0.3, -0.25) is 4.79 Å². The number of nitrogens with zero attached hydrogens (tertiary/aromatic N) is 2. The number of ether oxygens (including phenoxy) is 1. The fourth-order valence-electron chi connectivity index (χ4n) is 3.71. The first kappa shape index (κ1) is 27.8. The van der Waals surface area contributed by atoms with Gasteiger partial charge in [-0.15, -0.1) is 11.3 Å². The van der Waals surface area contributed by atoms with Crippen molar-refractivity contribution in [2.45, 2.75) is 18.4 Å². The van der Waals surface area contributed by atoms with Gasteiger partial charge in [0.15, 0.2) is 5.13 Å². The summed E-state index contributed by atoms with van der Waals surface area (Å²) in [6, 6.07) is 19.2. The van der Waals surface area contributed by atoms with E-state index in [9.17, 15) is 13.2 Å². The molecule has 198 valence electrons. The number of carbonyl (C=O) groups excluding carboxylic acids is 1. The second-order valence-electron chi connectivity index (χ2n) is 8.46. The number of halogens is 1. The third-order valence-electron chi connectivity index (χ3n) is 5.74. The molecule has 2 N–H and O–H groups in total. The largest absolute Gasteiger partial charge is 0.495 e. The highest BCUT2D eigenvalue weighted by Gasteiger charge is 2.27. The summed E-state index contributed by atoms with van der Waals surface area (Å²) in [5.41, 5.74) is 3.79. The van der Waals surface area contributed by atoms with Crippen LogP contribution in [-0.2, 0) is 21.4 Å². The number of carbonyl (C=O) groups is 1. The minimum absolute atomic E-state index is 0.0366. The molecule has 0 saturated carbocycles. The molecular formula is C27H27BrN4O4S2. The molecule has 8 nitrogen and oxygen atoms in total. The van der Waals surface area contributed by atoms with E-state index in [1.807, 2.05) is 42.6 Å². The molecule has 1 aromatic heterocycles. The van der Waals surface area contributed by atoms with E-state index in [1.165, 1.54) is 34.9 Å². The predicted octanol–water partition coefficient (Wildman–Crippen LogP) is 5.76. The van der Waals surface area contributed by atoms with E-state index in [1.54, 1.807) is 31.3 Å². The Bertz CT molecular complexity index is 1520. The first-order valence-electron chi connectivity index (χ1n) is 11.6. The van der Waals surface area contributed by atoms with Crippen LogP contribution in [0.2, 0.25) is 0 Å². The zero-order valence-electron chi connectivity index (χ0n) is 21.1. The highest BCUT2D eigenvalue weighted by molar-refractivity contribution is 9.10. The van der Waals surface area contributed by atoms with Crippen molar-refractivity contribution in [2.75, 3.05) is 31.3 Å². The smallest absolute Gasteiger partial charge is 0.243 e. The van der Waals surface area contributed by atoms with Crippen LogP contribution < -0.4 is 15.4 Å². The first-order valence-corrected chi connectivity index (χ1v) is 14.7. The summed E-state index contributed by atoms with van der Waals surface area (Å²) in [6.07, 6.45) is 0. The number of aromatic nitrogens is 1. The lowest BCUT2D eigenvalue weighted by atomic mass is 10.1. The number of methoxy groups -OCH3 is 1. The van der Waals surface area contributed by atoms with E-state index in [0.29, 0.717) is 11.4 Å². The zero-order valence-corrected chi connectivity index (χ0v) is 24.3. The first-order chi connectivity index (χ1) is 18.2. The van der Waals surface area contributed by atoms with E-state index >= 15 is 0 Å². The Hall–Kier alpha value is -3.25. The molecule has 0 unspecified atom stereocenters. The molecule has 1 heterocycles. The van der Waals surface area contributed by atoms with Crippen LogP contribution in [0.3, 0.4) is 0 Å². The number of rotatable bonds is 10. The van der Waals surface area contributed by atoms with Gasteiger partial charge in [0, 0.05) is 29.0 Å². The van der Waals surface area contributed by atoms with Crippen LogP contribution in [0, 0.1) is 6.92 Å². The maximum Gasteiger partial charge on any atom is 0.243 e. The van der Waals surface area contributed by atoms with Crippen LogP contribution in [0.25, 0.3) is 11.3 Å². The van der Waals surface area contributed by atoms with Gasteiger partial charge >= 0.3 is 0 Å². The van der Waals surface area contributed by atoms with Crippen LogP contribution in [0.5, 0.6) is 5.75 Å². The van der Waals surface area contributed by atoms with E-state index in [-0.39, 0.29) is 18.0 Å². The third-order valence-corrected chi connectivity index (χ3v) is 8.93. The number of nitrogens with one attached hydrogen (secondary N) is 2. The second kappa shape index (κ2) is 12.1. The molecule has 0 aliphatic heterocycles. The van der Waals surface area contributed by atoms with Gasteiger partial charge in [0.2, 0.25) is 15.9 Å². The summed E-state index contributed by atoms with van der Waals surface area (Å²) in [5, 5.41) is 8.52. The van der Waals surface area contributed by atoms with Gasteiger partial charge in [-0.2, -0.15) is 4.31 Å². The maximum absolute atomic E-state index is 13.6. The summed E-state index contributed by atoms with van der Waals surface area (Å²) in [5.74, 6) is -0.0468. The van der Waals surface area contributed by atoms with Crippen molar-refractivity contribution in [3.63, 3.8) is 0 Å². The number of thiazole rings is 1. The molecule has 11 heteroatoms. The summed E-state index contributed by atoms with van der Waals surface area (Å²) in [7, 11) is -0.669. The molecule has 4 aromatic rings. The van der Waals surface area contributed by atoms with Crippen molar-refractivity contribution < 1.29 is 17.9 Å². The molecule has 0 fully saturated rings. The Morgan fingerprint density at radius 2 is 1.79 bits per heavy atom. The molecule has 0 bridgehead atoms. The van der Waals surface area contributed by atoms with Crippen molar-refractivity contribution >= 4 is 54.0 Å². The quantitative estimate of drug-likeness (QED) is 0.235. The Balaban J connectivity index is 1.61. The third kappa shape index (κ3) is 6.60. The van der Waals surface area contributed by atoms with Crippen molar-refractivity contribution in [3.05, 3.63) is 87.7 Å². The molecule has 0 radical (unpaired) electrons. The van der Waals surface area contributed by atoms with Gasteiger partial charge in [-0.25, -0.2) is 13.4 Å². The zero-order chi connectivity index (χ0) is 27.3. The van der Waals surface area contributed by atoms with Gasteiger partial charge < -0.3 is 15.4 Å². The molecule has 1 amide bonds. The molecule has 0 spiro atoms. The number of aryl methyl sites for hydroxylation is 1. The summed E-state index contributed by atoms with van der Waals surface area (Å²) in [4.78, 5) is 17.9. The van der Waals surface area contributed by atoms with Crippen LogP contribution in [0.1, 0.15) is 11.1 Å². The summed E-state index contributed by atoms with van der Waals surface area (Å²) in [6.45, 7) is 1.61. The molecule has 0 aliphatic carbocycles. The van der Waals surface area contributed by atoms with E-state index in [0.717, 1.165) is 32.0 Å². The van der Waals surface area contributed by atoms with Crippen LogP contribution in [0.15, 0.2) is 81.5 Å². The van der Waals surface area contributed by atoms with Gasteiger partial charge in [0.05, 0.1) is 29.9 Å². The van der Waals surface area contributed by atoms with Gasteiger partial charge in [0.1, 0.15) is 5.75 Å². The fraction of sp³-hybridized carbons (Fsp3) is 0.185. The standard InChI is InChI=1S/C27H27BrN4O4S2/c1-18-4-6-19(7-5-18)15-32(38(34,35)22-11-9-21(28)10-12-22)16-26(33)30-23-14-20(8-13-25(23)36-3)24-17-37-27(29-2)31-24/h4-14,17H,15-16H2,1-3H3,(H,29,31)(H,30,33). The number of amides is 1. The number of hydrogen-bond donors (Lipinski definition) is 2. The van der Waals surface area contributed by atoms with Crippen molar-refractivity contribution in [1.29, 1.82) is 0 Å². The Labute approximate surface area is 234 Å². The lowest BCUT2D eigenvalue weighted by Gasteiger charge is -2.22. The number of benzene rings is 3. The van der Waals surface area contributed by atoms with E-state index < -0.39 is 15.9 Å². The Morgan fingerprint density at radius 3 is 2.42 bits per heavy atom. The van der Waals surface area contributed by atoms with Gasteiger partial charge in [-0.1, -0.05) is 45.8 Å². The summed E-state index contributed by atoms with van der Waals surface area (Å²) < 4.78 is 34.5. The molecule has 0 atom stereocenters. The Morgan fingerprint density at radius 1 is 1.08 bits per heavy atom. The molecule has 0 saturated heterocycles. The lowest BCUT2D eigenvalue weighted by molar-refractivity contribution is -0.116. The maximum atomic E-state index is 13.6. The van der Waals surface area contributed by atoms with Crippen LogP contribution >= 0.6 is 27.3 Å². The molecular weight excluding hydrogens is 588 g/mol. The molecule has 4 rings (SSSR count). The lowest BCUT2D eigenvalue weighted by Crippen LogP contribution is -2.37. The number of anilines is 2. The monoisotopic (exact) mass is 614 g/mol.